The van der Waals surface area contributed by atoms with E-state index < -0.39 is 0 Å². The van der Waals surface area contributed by atoms with E-state index in [1.807, 2.05) is 24.3 Å². The number of rotatable bonds is 0. The molecule has 0 radical (unpaired) electrons. The molecule has 3 heteroatoms. The predicted molar refractivity (Wildman–Crippen MR) is 41.4 cm³/mol. The monoisotopic (exact) mass is 211 g/mol. The molecule has 0 amide bonds. The first-order valence-corrected chi connectivity index (χ1v) is 3.47. The molecule has 1 aromatic carbocycles. The van der Waals surface area contributed by atoms with E-state index in [2.05, 4.69) is 28.6 Å². The quantitative estimate of drug-likeness (QED) is 0.444. The maximum atomic E-state index is 4.11. The summed E-state index contributed by atoms with van der Waals surface area (Å²) in [7, 11) is 0. The summed E-state index contributed by atoms with van der Waals surface area (Å²) in [4.78, 5) is 0.994. The molecule has 0 N–H and O–H groups in total. The SMILES string of the molecule is Sc1ccc(Br)cc1.[Na+]. The van der Waals surface area contributed by atoms with Crippen molar-refractivity contribution < 1.29 is 29.6 Å². The van der Waals surface area contributed by atoms with Gasteiger partial charge in [0.25, 0.3) is 0 Å². The smallest absolute Gasteiger partial charge is 0.143 e. The molecule has 0 atom stereocenters. The van der Waals surface area contributed by atoms with Gasteiger partial charge in [-0.2, -0.15) is 0 Å². The number of thiol groups is 1. The molecule has 9 heavy (non-hydrogen) atoms. The second-order valence-corrected chi connectivity index (χ2v) is 2.91. The topological polar surface area (TPSA) is 0 Å². The second-order valence-electron chi connectivity index (χ2n) is 1.48. The first-order chi connectivity index (χ1) is 3.79. The number of benzene rings is 1. The van der Waals surface area contributed by atoms with Gasteiger partial charge >= 0.3 is 29.6 Å². The zero-order valence-electron chi connectivity index (χ0n) is 5.13. The minimum Gasteiger partial charge on any atom is -0.143 e. The summed E-state index contributed by atoms with van der Waals surface area (Å²) < 4.78 is 1.09. The van der Waals surface area contributed by atoms with Gasteiger partial charge in [0.1, 0.15) is 0 Å². The largest absolute Gasteiger partial charge is 1.00 e. The van der Waals surface area contributed by atoms with Crippen LogP contribution in [0, 0.1) is 0 Å². The van der Waals surface area contributed by atoms with Gasteiger partial charge in [-0.15, -0.1) is 12.6 Å². The van der Waals surface area contributed by atoms with Crippen molar-refractivity contribution in [1.29, 1.82) is 0 Å². The molecular weight excluding hydrogens is 207 g/mol. The number of hydrogen-bond acceptors (Lipinski definition) is 1. The molecule has 0 aromatic heterocycles. The van der Waals surface area contributed by atoms with Crippen molar-refractivity contribution in [2.75, 3.05) is 0 Å². The van der Waals surface area contributed by atoms with E-state index in [1.54, 1.807) is 0 Å². The summed E-state index contributed by atoms with van der Waals surface area (Å²) in [5, 5.41) is 0. The van der Waals surface area contributed by atoms with Gasteiger partial charge in [-0.3, -0.25) is 0 Å². The Bertz CT molecular complexity index is 152. The van der Waals surface area contributed by atoms with Crippen molar-refractivity contribution in [3.8, 4) is 0 Å². The third-order valence-corrected chi connectivity index (χ3v) is 1.65. The van der Waals surface area contributed by atoms with Crippen LogP contribution in [0.4, 0.5) is 0 Å². The molecule has 0 aliphatic rings. The molecule has 0 unspecified atom stereocenters. The Morgan fingerprint density at radius 1 is 1.11 bits per heavy atom. The van der Waals surface area contributed by atoms with E-state index in [0.717, 1.165) is 9.37 Å². The van der Waals surface area contributed by atoms with Crippen LogP contribution in [-0.4, -0.2) is 0 Å². The Labute approximate surface area is 90.9 Å². The van der Waals surface area contributed by atoms with Crippen LogP contribution in [0.2, 0.25) is 0 Å². The van der Waals surface area contributed by atoms with E-state index in [9.17, 15) is 0 Å². The fourth-order valence-corrected chi connectivity index (χ4v) is 0.854. The van der Waals surface area contributed by atoms with Gasteiger partial charge in [-0.05, 0) is 24.3 Å². The van der Waals surface area contributed by atoms with Crippen LogP contribution in [0.1, 0.15) is 0 Å². The molecule has 1 rings (SSSR count). The van der Waals surface area contributed by atoms with Gasteiger partial charge in [0.05, 0.1) is 0 Å². The molecule has 1 aromatic rings. The zero-order chi connectivity index (χ0) is 5.98. The van der Waals surface area contributed by atoms with Crippen molar-refractivity contribution in [3.63, 3.8) is 0 Å². The van der Waals surface area contributed by atoms with Crippen molar-refractivity contribution >= 4 is 28.6 Å². The molecule has 0 bridgehead atoms. The maximum Gasteiger partial charge on any atom is 1.00 e. The minimum absolute atomic E-state index is 0. The van der Waals surface area contributed by atoms with E-state index in [4.69, 9.17) is 0 Å². The third-order valence-electron chi connectivity index (χ3n) is 0.827. The Morgan fingerprint density at radius 2 is 1.56 bits per heavy atom. The van der Waals surface area contributed by atoms with E-state index >= 15 is 0 Å². The Morgan fingerprint density at radius 3 is 1.89 bits per heavy atom. The second kappa shape index (κ2) is 4.80. The normalized spacial score (nSPS) is 8.22. The molecule has 0 fully saturated rings. The van der Waals surface area contributed by atoms with Crippen LogP contribution in [0.25, 0.3) is 0 Å². The van der Waals surface area contributed by atoms with Crippen LogP contribution in [0.5, 0.6) is 0 Å². The van der Waals surface area contributed by atoms with Crippen molar-refractivity contribution in [1.82, 2.24) is 0 Å². The molecule has 42 valence electrons. The summed E-state index contributed by atoms with van der Waals surface area (Å²) in [6.07, 6.45) is 0. The first-order valence-electron chi connectivity index (χ1n) is 2.23. The molecule has 0 heterocycles. The number of halogens is 1. The summed E-state index contributed by atoms with van der Waals surface area (Å²) in [6.45, 7) is 0. The van der Waals surface area contributed by atoms with Crippen molar-refractivity contribution in [3.05, 3.63) is 28.7 Å². The van der Waals surface area contributed by atoms with Gasteiger partial charge in [-0.1, -0.05) is 15.9 Å². The van der Waals surface area contributed by atoms with Crippen molar-refractivity contribution in [2.24, 2.45) is 0 Å². The maximum absolute atomic E-state index is 4.11. The number of hydrogen-bond donors (Lipinski definition) is 1. The fraction of sp³-hybridized carbons (Fsp3) is 0. The summed E-state index contributed by atoms with van der Waals surface area (Å²) in [6, 6.07) is 7.80. The molecule has 0 aliphatic carbocycles. The van der Waals surface area contributed by atoms with Gasteiger partial charge in [0, 0.05) is 9.37 Å². The fourth-order valence-electron chi connectivity index (χ4n) is 0.441. The van der Waals surface area contributed by atoms with Crippen LogP contribution in [0.15, 0.2) is 33.6 Å². The molecule has 0 saturated carbocycles. The molecule has 0 nitrogen and oxygen atoms in total. The van der Waals surface area contributed by atoms with E-state index in [-0.39, 0.29) is 29.6 Å². The van der Waals surface area contributed by atoms with Crippen LogP contribution < -0.4 is 29.6 Å². The molecule has 0 saturated heterocycles. The Kier molecular flexibility index (Phi) is 5.36. The summed E-state index contributed by atoms with van der Waals surface area (Å²) >= 11 is 7.42. The minimum atomic E-state index is 0. The van der Waals surface area contributed by atoms with Crippen molar-refractivity contribution in [2.45, 2.75) is 4.90 Å². The van der Waals surface area contributed by atoms with Gasteiger partial charge < -0.3 is 0 Å². The average Bonchev–Trinajstić information content (AvgIpc) is 1.77. The van der Waals surface area contributed by atoms with E-state index in [1.165, 1.54) is 0 Å². The summed E-state index contributed by atoms with van der Waals surface area (Å²) in [5.74, 6) is 0. The first kappa shape index (κ1) is 10.0. The van der Waals surface area contributed by atoms with Crippen LogP contribution >= 0.6 is 28.6 Å². The molecule has 0 spiro atoms. The van der Waals surface area contributed by atoms with Gasteiger partial charge in [0.2, 0.25) is 0 Å². The van der Waals surface area contributed by atoms with Crippen LogP contribution in [-0.2, 0) is 0 Å². The third kappa shape index (κ3) is 3.68. The zero-order valence-corrected chi connectivity index (χ0v) is 9.62. The molecule has 0 aliphatic heterocycles. The Hall–Kier alpha value is 1.05. The molecular formula is C6H5BrNaS+. The van der Waals surface area contributed by atoms with Crippen LogP contribution in [0.3, 0.4) is 0 Å². The van der Waals surface area contributed by atoms with Gasteiger partial charge in [-0.25, -0.2) is 0 Å². The summed E-state index contributed by atoms with van der Waals surface area (Å²) in [5.41, 5.74) is 0. The van der Waals surface area contributed by atoms with E-state index in [0.29, 0.717) is 0 Å². The standard InChI is InChI=1S/C6H5BrS.Na/c7-5-1-3-6(8)4-2-5;/h1-4,8H;/q;+1. The van der Waals surface area contributed by atoms with Gasteiger partial charge in [0.15, 0.2) is 0 Å². The Balaban J connectivity index is 0.000000640. The average molecular weight is 212 g/mol. The predicted octanol–water partition coefficient (Wildman–Crippen LogP) is -0.258.